The molecule has 9 heteroatoms. The van der Waals surface area contributed by atoms with Crippen LogP contribution in [0, 0.1) is 12.8 Å². The molecule has 2 heterocycles. The first-order valence-corrected chi connectivity index (χ1v) is 11.7. The molecular weight excluding hydrogens is 450 g/mol. The van der Waals surface area contributed by atoms with Crippen LogP contribution in [0.1, 0.15) is 46.5 Å². The minimum Gasteiger partial charge on any atom is -0.459 e. The molecule has 3 aromatic rings. The third-order valence-corrected chi connectivity index (χ3v) is 5.09. The molecule has 1 atom stereocenters. The maximum absolute atomic E-state index is 11.9. The number of ether oxygens (including phenoxy) is 2. The minimum absolute atomic E-state index is 0. The van der Waals surface area contributed by atoms with Crippen LogP contribution in [0.4, 0.5) is 0 Å². The number of hydrogen-bond acceptors (Lipinski definition) is 8. The number of hydrogen-bond donors (Lipinski definition) is 1. The number of carbonyl (C=O) groups is 1. The molecule has 0 saturated heterocycles. The van der Waals surface area contributed by atoms with Crippen molar-refractivity contribution in [3.05, 3.63) is 54.1 Å². The lowest BCUT2D eigenvalue weighted by Crippen LogP contribution is -2.33. The zero-order valence-corrected chi connectivity index (χ0v) is 21.1. The highest BCUT2D eigenvalue weighted by molar-refractivity contribution is 7.97. The maximum atomic E-state index is 11.9. The number of pyridine rings is 1. The number of aromatic nitrogens is 3. The summed E-state index contributed by atoms with van der Waals surface area (Å²) in [6.07, 6.45) is 3.28. The summed E-state index contributed by atoms with van der Waals surface area (Å²) in [6.45, 7) is 11.3. The second-order valence-electron chi connectivity index (χ2n) is 8.41. The van der Waals surface area contributed by atoms with Crippen molar-refractivity contribution in [1.82, 2.24) is 18.9 Å². The van der Waals surface area contributed by atoms with Crippen molar-refractivity contribution in [3.63, 3.8) is 0 Å². The molecule has 188 valence electrons. The van der Waals surface area contributed by atoms with Crippen LogP contribution in [0.5, 0.6) is 0 Å². The van der Waals surface area contributed by atoms with Crippen molar-refractivity contribution in [2.45, 2.75) is 59.6 Å². The molecule has 34 heavy (non-hydrogen) atoms. The van der Waals surface area contributed by atoms with E-state index < -0.39 is 5.97 Å². The Balaban J connectivity index is 0.00000107. The van der Waals surface area contributed by atoms with E-state index in [1.54, 1.807) is 20.2 Å². The average Bonchev–Trinajstić information content (AvgIpc) is 3.04. The van der Waals surface area contributed by atoms with E-state index in [-0.39, 0.29) is 20.1 Å². The van der Waals surface area contributed by atoms with E-state index in [9.17, 15) is 4.79 Å². The van der Waals surface area contributed by atoms with Crippen molar-refractivity contribution in [2.24, 2.45) is 11.8 Å². The summed E-state index contributed by atoms with van der Waals surface area (Å²) in [5.41, 5.74) is 3.09. The molecule has 0 aliphatic carbocycles. The zero-order valence-electron chi connectivity index (χ0n) is 20.3. The Morgan fingerprint density at radius 1 is 1.18 bits per heavy atom. The molecule has 0 bridgehead atoms. The molecule has 0 saturated carbocycles. The Morgan fingerprint density at radius 2 is 1.82 bits per heavy atom. The minimum atomic E-state index is -0.391. The fourth-order valence-corrected chi connectivity index (χ4v) is 3.65. The largest absolute Gasteiger partial charge is 0.459 e. The van der Waals surface area contributed by atoms with Gasteiger partial charge in [-0.1, -0.05) is 40.3 Å². The van der Waals surface area contributed by atoms with Crippen molar-refractivity contribution in [3.8, 4) is 0 Å². The molecule has 0 aliphatic rings. The number of benzene rings is 1. The van der Waals surface area contributed by atoms with Crippen LogP contribution in [0.25, 0.3) is 11.0 Å². The van der Waals surface area contributed by atoms with Gasteiger partial charge >= 0.3 is 5.97 Å². The number of nitrogens with zero attached hydrogens (tertiary/aromatic N) is 4. The van der Waals surface area contributed by atoms with E-state index in [0.29, 0.717) is 13.2 Å². The molecule has 0 fully saturated rings. The lowest BCUT2D eigenvalue weighted by Gasteiger charge is -2.17. The Labute approximate surface area is 208 Å². The molecule has 0 radical (unpaired) electrons. The number of carbonyl (C=O) groups excluding carboxylic acids is 1. The summed E-state index contributed by atoms with van der Waals surface area (Å²) in [7, 11) is 1.56. The Hall–Kier alpha value is -2.46. The fraction of sp³-hybridized carbons (Fsp3) is 0.480. The molecule has 2 N–H and O–H groups in total. The first-order chi connectivity index (χ1) is 15.7. The normalized spacial score (nSPS) is 11.7. The van der Waals surface area contributed by atoms with Gasteiger partial charge in [0, 0.05) is 24.7 Å². The van der Waals surface area contributed by atoms with Gasteiger partial charge in [-0.15, -0.1) is 0 Å². The van der Waals surface area contributed by atoms with Crippen LogP contribution in [0.2, 0.25) is 0 Å². The number of rotatable bonds is 9. The van der Waals surface area contributed by atoms with Crippen LogP contribution >= 0.6 is 11.9 Å². The summed E-state index contributed by atoms with van der Waals surface area (Å²) in [6, 6.07) is 9.94. The first kappa shape index (κ1) is 29.6. The van der Waals surface area contributed by atoms with Crippen LogP contribution in [-0.4, -0.2) is 51.3 Å². The summed E-state index contributed by atoms with van der Waals surface area (Å²) >= 11 is 1.28. The predicted molar refractivity (Wildman–Crippen MR) is 139 cm³/mol. The molecule has 1 unspecified atom stereocenters. The SMILES string of the molecule is C.CC(C)C.COCC(C)OC(=O)CN(N)Sc1ccc(Cn2c(C)nc3ccncc32)cc1. The van der Waals surface area contributed by atoms with E-state index in [0.717, 1.165) is 33.2 Å². The number of methoxy groups -OCH3 is 1. The van der Waals surface area contributed by atoms with E-state index in [1.807, 2.05) is 43.5 Å². The summed E-state index contributed by atoms with van der Waals surface area (Å²) in [5, 5.41) is 0. The highest BCUT2D eigenvalue weighted by Crippen LogP contribution is 2.22. The number of aryl methyl sites for hydroxylation is 1. The number of fused-ring (bicyclic) bond motifs is 1. The van der Waals surface area contributed by atoms with Crippen LogP contribution in [0.15, 0.2) is 47.6 Å². The van der Waals surface area contributed by atoms with Crippen molar-refractivity contribution in [2.75, 3.05) is 20.3 Å². The molecule has 0 amide bonds. The van der Waals surface area contributed by atoms with Gasteiger partial charge in [-0.05, 0) is 55.5 Å². The average molecular weight is 490 g/mol. The van der Waals surface area contributed by atoms with Crippen LogP contribution in [0.3, 0.4) is 0 Å². The standard InChI is InChI=1S/C20H25N5O3S.C4H10.CH4/c1-14(13-27-3)28-20(26)12-25(21)29-17-6-4-16(5-7-17)11-24-15(2)23-18-8-9-22-10-19(18)24;1-4(2)3;/h4-10,14H,11-13,21H2,1-3H3;4H,1-3H3;1H4. The second kappa shape index (κ2) is 14.7. The van der Waals surface area contributed by atoms with Gasteiger partial charge in [-0.25, -0.2) is 4.98 Å². The number of hydrazine groups is 1. The molecular formula is C25H39N5O3S. The van der Waals surface area contributed by atoms with Gasteiger partial charge in [0.15, 0.2) is 0 Å². The lowest BCUT2D eigenvalue weighted by atomic mass is 10.2. The molecule has 1 aromatic carbocycles. The Morgan fingerprint density at radius 3 is 2.44 bits per heavy atom. The van der Waals surface area contributed by atoms with Crippen molar-refractivity contribution < 1.29 is 14.3 Å². The quantitative estimate of drug-likeness (QED) is 0.197. The van der Waals surface area contributed by atoms with Crippen LogP contribution < -0.4 is 5.84 Å². The van der Waals surface area contributed by atoms with Crippen molar-refractivity contribution >= 4 is 29.0 Å². The molecule has 0 spiro atoms. The summed E-state index contributed by atoms with van der Waals surface area (Å²) in [4.78, 5) is 21.6. The van der Waals surface area contributed by atoms with Gasteiger partial charge < -0.3 is 14.0 Å². The molecule has 2 aromatic heterocycles. The second-order valence-corrected chi connectivity index (χ2v) is 9.53. The molecule has 0 aliphatic heterocycles. The Bertz CT molecular complexity index is 1000. The van der Waals surface area contributed by atoms with E-state index >= 15 is 0 Å². The monoisotopic (exact) mass is 489 g/mol. The summed E-state index contributed by atoms with van der Waals surface area (Å²) in [5.74, 6) is 7.32. The van der Waals surface area contributed by atoms with Gasteiger partial charge in [0.05, 0.1) is 23.8 Å². The van der Waals surface area contributed by atoms with Gasteiger partial charge in [0.1, 0.15) is 18.5 Å². The topological polar surface area (TPSA) is 95.5 Å². The van der Waals surface area contributed by atoms with E-state index in [4.69, 9.17) is 15.3 Å². The van der Waals surface area contributed by atoms with Crippen LogP contribution in [-0.2, 0) is 20.8 Å². The molecule has 8 nitrogen and oxygen atoms in total. The first-order valence-electron chi connectivity index (χ1n) is 10.9. The van der Waals surface area contributed by atoms with Crippen molar-refractivity contribution in [1.29, 1.82) is 0 Å². The van der Waals surface area contributed by atoms with Gasteiger partial charge in [-0.2, -0.15) is 4.41 Å². The highest BCUT2D eigenvalue weighted by atomic mass is 32.2. The number of nitrogens with two attached hydrogens (primary N) is 1. The predicted octanol–water partition coefficient (Wildman–Crippen LogP) is 4.85. The van der Waals surface area contributed by atoms with E-state index in [1.165, 1.54) is 16.4 Å². The maximum Gasteiger partial charge on any atom is 0.323 e. The zero-order chi connectivity index (χ0) is 24.4. The third kappa shape index (κ3) is 9.80. The summed E-state index contributed by atoms with van der Waals surface area (Å²) < 4.78 is 13.7. The van der Waals surface area contributed by atoms with Gasteiger partial charge in [0.25, 0.3) is 0 Å². The fourth-order valence-electron chi connectivity index (χ4n) is 2.95. The van der Waals surface area contributed by atoms with Gasteiger partial charge in [-0.3, -0.25) is 15.6 Å². The number of esters is 1. The Kier molecular flexibility index (Phi) is 12.8. The lowest BCUT2D eigenvalue weighted by molar-refractivity contribution is -0.150. The van der Waals surface area contributed by atoms with Gasteiger partial charge in [0.2, 0.25) is 0 Å². The third-order valence-electron chi connectivity index (χ3n) is 4.25. The number of imidazole rings is 1. The van der Waals surface area contributed by atoms with E-state index in [2.05, 4.69) is 35.3 Å². The smallest absolute Gasteiger partial charge is 0.323 e. The highest BCUT2D eigenvalue weighted by Gasteiger charge is 2.14. The molecule has 3 rings (SSSR count).